The fraction of sp³-hybridized carbons (Fsp3) is 0.489. The monoisotopic (exact) mass is 894 g/mol. The molecule has 4 aromatic rings. The Morgan fingerprint density at radius 1 is 0.969 bits per heavy atom. The summed E-state index contributed by atoms with van der Waals surface area (Å²) in [4.78, 5) is 55.0. The van der Waals surface area contributed by atoms with Crippen LogP contribution in [0.1, 0.15) is 89.4 Å². The van der Waals surface area contributed by atoms with E-state index in [4.69, 9.17) is 9.72 Å². The summed E-state index contributed by atoms with van der Waals surface area (Å²) in [5.74, 6) is -2.81. The number of carboxylic acid groups (broad SMARTS) is 1. The molecule has 5 heterocycles. The topological polar surface area (TPSA) is 176 Å². The van der Waals surface area contributed by atoms with E-state index in [0.717, 1.165) is 6.07 Å². The maximum Gasteiger partial charge on any atom is 0.573 e. The lowest BCUT2D eigenvalue weighted by Gasteiger charge is -2.46. The third-order valence-corrected chi connectivity index (χ3v) is 12.6. The minimum Gasteiger partial charge on any atom is -0.494 e. The molecule has 3 unspecified atom stereocenters. The van der Waals surface area contributed by atoms with Crippen molar-refractivity contribution in [3.63, 3.8) is 0 Å². The number of hydrogen-bond donors (Lipinski definition) is 3. The highest BCUT2D eigenvalue weighted by Crippen LogP contribution is 2.43. The SMILES string of the molecule is CC1CN(C(=O)C(C)(C)C)CCN1c1ccc(NC(=O)c2ccc(-c3ccc(-c4c[nH]c([C@@H]5CC[C@H](C)N5[N+](O)(C(=O)[O-])C(C)C5CCOCC5)n4)cc3)c(OC(F)(F)F)c2F)cn1. The predicted molar refractivity (Wildman–Crippen MR) is 225 cm³/mol. The van der Waals surface area contributed by atoms with Gasteiger partial charge >= 0.3 is 12.5 Å². The quantitative estimate of drug-likeness (QED) is 0.0630. The van der Waals surface area contributed by atoms with Crippen molar-refractivity contribution in [3.8, 4) is 28.1 Å². The molecular formula is C45H54F4N8O7. The third-order valence-electron chi connectivity index (χ3n) is 12.6. The van der Waals surface area contributed by atoms with Gasteiger partial charge in [0.1, 0.15) is 23.7 Å². The zero-order valence-electron chi connectivity index (χ0n) is 36.6. The number of benzene rings is 2. The van der Waals surface area contributed by atoms with E-state index in [9.17, 15) is 37.9 Å². The second-order valence-electron chi connectivity index (χ2n) is 17.9. The van der Waals surface area contributed by atoms with E-state index < -0.39 is 57.7 Å². The van der Waals surface area contributed by atoms with Crippen LogP contribution in [0.5, 0.6) is 5.75 Å². The number of quaternary nitrogens is 1. The zero-order chi connectivity index (χ0) is 46.3. The molecule has 15 nitrogen and oxygen atoms in total. The van der Waals surface area contributed by atoms with Crippen LogP contribution in [-0.2, 0) is 9.53 Å². The van der Waals surface area contributed by atoms with Crippen molar-refractivity contribution in [1.82, 2.24) is 24.9 Å². The molecule has 3 amide bonds. The maximum atomic E-state index is 16.0. The van der Waals surface area contributed by atoms with Gasteiger partial charge in [-0.2, -0.15) is 5.21 Å². The van der Waals surface area contributed by atoms with Gasteiger partial charge in [0.25, 0.3) is 5.91 Å². The number of alkyl halides is 3. The number of imidazole rings is 1. The van der Waals surface area contributed by atoms with Gasteiger partial charge in [-0.1, -0.05) is 49.8 Å². The van der Waals surface area contributed by atoms with Gasteiger partial charge in [-0.05, 0) is 76.3 Å². The maximum absolute atomic E-state index is 16.0. The number of carbonyl (C=O) groups is 3. The first kappa shape index (κ1) is 46.4. The van der Waals surface area contributed by atoms with E-state index in [0.29, 0.717) is 81.4 Å². The Morgan fingerprint density at radius 2 is 1.66 bits per heavy atom. The fourth-order valence-corrected chi connectivity index (χ4v) is 9.14. The molecule has 3 aliphatic rings. The molecule has 344 valence electrons. The Bertz CT molecular complexity index is 2330. The van der Waals surface area contributed by atoms with Crippen LogP contribution in [0.25, 0.3) is 22.4 Å². The van der Waals surface area contributed by atoms with Gasteiger partial charge in [-0.3, -0.25) is 9.59 Å². The summed E-state index contributed by atoms with van der Waals surface area (Å²) < 4.78 is 65.6. The average molecular weight is 895 g/mol. The summed E-state index contributed by atoms with van der Waals surface area (Å²) in [6.45, 7) is 13.6. The second-order valence-corrected chi connectivity index (χ2v) is 17.9. The molecular weight excluding hydrogens is 841 g/mol. The minimum absolute atomic E-state index is 0.0519. The van der Waals surface area contributed by atoms with Crippen molar-refractivity contribution in [1.29, 1.82) is 0 Å². The van der Waals surface area contributed by atoms with Crippen LogP contribution in [0.15, 0.2) is 60.9 Å². The molecule has 5 atom stereocenters. The van der Waals surface area contributed by atoms with Crippen LogP contribution >= 0.6 is 0 Å². The highest BCUT2D eigenvalue weighted by molar-refractivity contribution is 6.05. The van der Waals surface area contributed by atoms with Gasteiger partial charge in [-0.15, -0.1) is 18.2 Å². The Balaban J connectivity index is 1.07. The van der Waals surface area contributed by atoms with Gasteiger partial charge in [0.05, 0.1) is 29.2 Å². The van der Waals surface area contributed by atoms with Crippen molar-refractivity contribution < 1.29 is 56.5 Å². The summed E-state index contributed by atoms with van der Waals surface area (Å²) in [5, 5.41) is 28.6. The number of halogens is 4. The fourth-order valence-electron chi connectivity index (χ4n) is 9.14. The number of hydrogen-bond acceptors (Lipinski definition) is 11. The van der Waals surface area contributed by atoms with Crippen LogP contribution in [0.2, 0.25) is 0 Å². The molecule has 3 N–H and O–H groups in total. The van der Waals surface area contributed by atoms with Gasteiger partial charge < -0.3 is 39.5 Å². The molecule has 7 rings (SSSR count). The van der Waals surface area contributed by atoms with Crippen LogP contribution in [0.4, 0.5) is 33.9 Å². The van der Waals surface area contributed by atoms with Gasteiger partial charge in [0, 0.05) is 67.5 Å². The molecule has 2 aromatic carbocycles. The Morgan fingerprint density at radius 3 is 2.27 bits per heavy atom. The number of aromatic amines is 1. The molecule has 2 aromatic heterocycles. The van der Waals surface area contributed by atoms with Crippen molar-refractivity contribution >= 4 is 29.4 Å². The molecule has 19 heteroatoms. The number of anilines is 2. The summed E-state index contributed by atoms with van der Waals surface area (Å²) in [5.41, 5.74) is -0.177. The summed E-state index contributed by atoms with van der Waals surface area (Å²) in [6, 6.07) is 9.78. The van der Waals surface area contributed by atoms with Crippen molar-refractivity contribution in [2.24, 2.45) is 11.3 Å². The standard InChI is InChI=1S/C45H54F4N8O7/c1-26-7-15-36(56(26)57(62,43(60)61)28(3)29-17-21-63-22-18-29)40-51-24-35(53-40)31-10-8-30(9-11-31)33-13-14-34(38(46)39(33)64-45(47,48)49)41(58)52-32-12-16-37(50-23-32)55-20-19-54(25-27(55)2)42(59)44(4,5)6/h8-14,16,23-24,26-29,36,62H,7,15,17-22,25H2,1-6H3,(H2-,51,52,53,58,60,61)/t26-,27?,28?,36-,57?/m0/s1. The molecule has 0 saturated carbocycles. The van der Waals surface area contributed by atoms with Crippen molar-refractivity contribution in [2.75, 3.05) is 43.1 Å². The highest BCUT2D eigenvalue weighted by Gasteiger charge is 2.55. The van der Waals surface area contributed by atoms with E-state index in [1.165, 1.54) is 29.4 Å². The molecule has 0 aliphatic carbocycles. The zero-order valence-corrected chi connectivity index (χ0v) is 36.6. The number of amides is 3. The lowest BCUT2D eigenvalue weighted by Crippen LogP contribution is -2.72. The van der Waals surface area contributed by atoms with Gasteiger partial charge in [0.15, 0.2) is 11.6 Å². The number of hydroxylamine groups is 2. The first-order valence-corrected chi connectivity index (χ1v) is 21.4. The molecule has 0 bridgehead atoms. The summed E-state index contributed by atoms with van der Waals surface area (Å²) >= 11 is 0. The number of carbonyl (C=O) groups excluding carboxylic acids is 3. The van der Waals surface area contributed by atoms with Crippen molar-refractivity contribution in [2.45, 2.75) is 97.8 Å². The van der Waals surface area contributed by atoms with Crippen LogP contribution < -0.4 is 20.1 Å². The Labute approximate surface area is 368 Å². The van der Waals surface area contributed by atoms with E-state index in [1.807, 2.05) is 44.4 Å². The van der Waals surface area contributed by atoms with Crippen LogP contribution in [0.3, 0.4) is 0 Å². The molecule has 3 fully saturated rings. The van der Waals surface area contributed by atoms with E-state index in [-0.39, 0.29) is 40.7 Å². The molecule has 3 saturated heterocycles. The van der Waals surface area contributed by atoms with E-state index in [2.05, 4.69) is 20.0 Å². The normalized spacial score (nSPS) is 21.6. The lowest BCUT2D eigenvalue weighted by molar-refractivity contribution is -1.16. The van der Waals surface area contributed by atoms with Gasteiger partial charge in [0.2, 0.25) is 5.91 Å². The largest absolute Gasteiger partial charge is 0.573 e. The predicted octanol–water partition coefficient (Wildman–Crippen LogP) is 7.32. The summed E-state index contributed by atoms with van der Waals surface area (Å²) in [6.07, 6.45) is -1.72. The number of aromatic nitrogens is 3. The van der Waals surface area contributed by atoms with Crippen LogP contribution in [-0.4, -0.2) is 110 Å². The number of ether oxygens (including phenoxy) is 2. The average Bonchev–Trinajstić information content (AvgIpc) is 3.90. The Kier molecular flexibility index (Phi) is 13.1. The minimum atomic E-state index is -5.30. The molecule has 0 spiro atoms. The van der Waals surface area contributed by atoms with E-state index >= 15 is 4.39 Å². The molecule has 64 heavy (non-hydrogen) atoms. The smallest absolute Gasteiger partial charge is 0.494 e. The number of pyridine rings is 1. The number of nitrogens with one attached hydrogen (secondary N) is 2. The first-order chi connectivity index (χ1) is 30.2. The number of rotatable bonds is 10. The number of H-pyrrole nitrogens is 1. The Hall–Kier alpha value is -5.63. The van der Waals surface area contributed by atoms with Crippen molar-refractivity contribution in [3.05, 3.63) is 78.1 Å². The highest BCUT2D eigenvalue weighted by atomic mass is 19.4. The second kappa shape index (κ2) is 18.1. The first-order valence-electron chi connectivity index (χ1n) is 21.4. The summed E-state index contributed by atoms with van der Waals surface area (Å²) in [7, 11) is 0. The third kappa shape index (κ3) is 9.43. The lowest BCUT2D eigenvalue weighted by atomic mass is 9.92. The van der Waals surface area contributed by atoms with Gasteiger partial charge in [-0.25, -0.2) is 14.4 Å². The van der Waals surface area contributed by atoms with Crippen LogP contribution in [0, 0.1) is 17.2 Å². The molecule has 3 aliphatic heterocycles. The van der Waals surface area contributed by atoms with E-state index in [1.54, 1.807) is 37.4 Å². The number of piperazine rings is 1. The number of nitrogens with zero attached hydrogens (tertiary/aromatic N) is 6. The molecule has 0 radical (unpaired) electrons.